The molecule has 0 N–H and O–H groups in total. The van der Waals surface area contributed by atoms with Crippen LogP contribution in [0.2, 0.25) is 0 Å². The molecule has 0 saturated carbocycles. The quantitative estimate of drug-likeness (QED) is 0.842. The van der Waals surface area contributed by atoms with Crippen LogP contribution >= 0.6 is 12.4 Å². The van der Waals surface area contributed by atoms with Gasteiger partial charge in [-0.05, 0) is 31.5 Å². The molecule has 2 fully saturated rings. The van der Waals surface area contributed by atoms with Gasteiger partial charge in [-0.1, -0.05) is 5.16 Å². The van der Waals surface area contributed by atoms with Gasteiger partial charge in [0.2, 0.25) is 0 Å². The van der Waals surface area contributed by atoms with E-state index in [-0.39, 0.29) is 24.0 Å². The van der Waals surface area contributed by atoms with Crippen LogP contribution in [0, 0.1) is 5.82 Å². The summed E-state index contributed by atoms with van der Waals surface area (Å²) < 4.78 is 29.8. The normalized spacial score (nSPS) is 20.5. The topological polar surface area (TPSA) is 47.7 Å². The fourth-order valence-electron chi connectivity index (χ4n) is 3.52. The number of benzene rings is 1. The van der Waals surface area contributed by atoms with Crippen molar-refractivity contribution < 1.29 is 18.4 Å². The van der Waals surface area contributed by atoms with Crippen LogP contribution < -0.4 is 0 Å². The maximum absolute atomic E-state index is 13.2. The second-order valence-electron chi connectivity index (χ2n) is 6.32. The molecule has 7 heteroatoms. The van der Waals surface area contributed by atoms with Gasteiger partial charge in [-0.2, -0.15) is 0 Å². The Labute approximate surface area is 146 Å². The molecule has 2 saturated heterocycles. The Hall–Kier alpha value is -1.21. The summed E-state index contributed by atoms with van der Waals surface area (Å²) >= 11 is 0. The van der Waals surface area contributed by atoms with E-state index in [2.05, 4.69) is 10.1 Å². The summed E-state index contributed by atoms with van der Waals surface area (Å²) in [5, 5.41) is 4.99. The lowest BCUT2D eigenvalue weighted by atomic mass is 10.0. The maximum Gasteiger partial charge on any atom is 0.170 e. The largest absolute Gasteiger partial charge is 0.356 e. The van der Waals surface area contributed by atoms with Crippen LogP contribution in [0.15, 0.2) is 22.7 Å². The van der Waals surface area contributed by atoms with Crippen molar-refractivity contribution in [2.45, 2.75) is 31.5 Å². The predicted octanol–water partition coefficient (Wildman–Crippen LogP) is 3.16. The molecule has 5 nitrogen and oxygen atoms in total. The van der Waals surface area contributed by atoms with Crippen LogP contribution in [0.25, 0.3) is 11.0 Å². The molecule has 1 aromatic heterocycles. The number of ether oxygens (including phenoxy) is 2. The lowest BCUT2D eigenvalue weighted by molar-refractivity contribution is -0.185. The van der Waals surface area contributed by atoms with E-state index >= 15 is 0 Å². The minimum Gasteiger partial charge on any atom is -0.356 e. The van der Waals surface area contributed by atoms with Crippen molar-refractivity contribution in [1.82, 2.24) is 10.1 Å². The van der Waals surface area contributed by atoms with E-state index in [1.54, 1.807) is 6.07 Å². The highest BCUT2D eigenvalue weighted by atomic mass is 35.5. The van der Waals surface area contributed by atoms with Crippen LogP contribution in [0.1, 0.15) is 25.0 Å². The summed E-state index contributed by atoms with van der Waals surface area (Å²) in [5.41, 5.74) is 1.44. The SMILES string of the molecule is Cl.Fc1ccc2c(CCCN3CCC4(CC3)OCCO4)noc2c1. The molecule has 24 heavy (non-hydrogen) atoms. The highest BCUT2D eigenvalue weighted by molar-refractivity contribution is 5.85. The second-order valence-corrected chi connectivity index (χ2v) is 6.32. The first-order valence-corrected chi connectivity index (χ1v) is 8.28. The van der Waals surface area contributed by atoms with Gasteiger partial charge < -0.3 is 18.9 Å². The Balaban J connectivity index is 0.00000169. The van der Waals surface area contributed by atoms with E-state index < -0.39 is 0 Å². The Morgan fingerprint density at radius 2 is 1.92 bits per heavy atom. The van der Waals surface area contributed by atoms with E-state index in [0.29, 0.717) is 5.58 Å². The molecule has 0 atom stereocenters. The predicted molar refractivity (Wildman–Crippen MR) is 89.8 cm³/mol. The summed E-state index contributed by atoms with van der Waals surface area (Å²) in [7, 11) is 0. The molecule has 0 unspecified atom stereocenters. The maximum atomic E-state index is 13.2. The van der Waals surface area contributed by atoms with Crippen molar-refractivity contribution in [3.63, 3.8) is 0 Å². The molecule has 4 rings (SSSR count). The molecule has 132 valence electrons. The molecule has 3 heterocycles. The Morgan fingerprint density at radius 1 is 1.17 bits per heavy atom. The van der Waals surface area contributed by atoms with Gasteiger partial charge in [0.1, 0.15) is 5.82 Å². The lowest BCUT2D eigenvalue weighted by Crippen LogP contribution is -2.45. The molecule has 2 aliphatic rings. The molecule has 2 aromatic rings. The molecule has 2 aliphatic heterocycles. The van der Waals surface area contributed by atoms with Gasteiger partial charge in [-0.25, -0.2) is 4.39 Å². The Morgan fingerprint density at radius 3 is 2.67 bits per heavy atom. The highest BCUT2D eigenvalue weighted by Gasteiger charge is 2.39. The van der Waals surface area contributed by atoms with Crippen LogP contribution in [-0.4, -0.2) is 48.7 Å². The van der Waals surface area contributed by atoms with E-state index in [4.69, 9.17) is 14.0 Å². The number of rotatable bonds is 4. The average Bonchev–Trinajstić information content (AvgIpc) is 3.17. The fourth-order valence-corrected chi connectivity index (χ4v) is 3.52. The van der Waals surface area contributed by atoms with Gasteiger partial charge >= 0.3 is 0 Å². The van der Waals surface area contributed by atoms with Gasteiger partial charge in [-0.15, -0.1) is 12.4 Å². The van der Waals surface area contributed by atoms with Gasteiger partial charge in [0.15, 0.2) is 11.4 Å². The third-order valence-corrected chi connectivity index (χ3v) is 4.83. The molecule has 1 aromatic carbocycles. The summed E-state index contributed by atoms with van der Waals surface area (Å²) in [4.78, 5) is 2.44. The molecular weight excluding hydrogens is 335 g/mol. The number of hydrogen-bond donors (Lipinski definition) is 0. The smallest absolute Gasteiger partial charge is 0.170 e. The number of likely N-dealkylation sites (tertiary alicyclic amines) is 1. The summed E-state index contributed by atoms with van der Waals surface area (Å²) in [6.45, 7) is 4.47. The molecule has 1 spiro atoms. The molecule has 0 bridgehead atoms. The second kappa shape index (κ2) is 7.35. The van der Waals surface area contributed by atoms with Gasteiger partial charge in [0, 0.05) is 37.4 Å². The van der Waals surface area contributed by atoms with Crippen molar-refractivity contribution in [1.29, 1.82) is 0 Å². The molecular formula is C17H22ClFN2O3. The first-order valence-electron chi connectivity index (χ1n) is 8.28. The molecule has 0 amide bonds. The van der Waals surface area contributed by atoms with E-state index in [0.717, 1.165) is 69.6 Å². The Bertz CT molecular complexity index is 678. The van der Waals surface area contributed by atoms with Crippen LogP contribution in [0.3, 0.4) is 0 Å². The first-order chi connectivity index (χ1) is 11.2. The van der Waals surface area contributed by atoms with Crippen LogP contribution in [0.4, 0.5) is 4.39 Å². The van der Waals surface area contributed by atoms with Crippen molar-refractivity contribution >= 4 is 23.4 Å². The highest BCUT2D eigenvalue weighted by Crippen LogP contribution is 2.31. The number of hydrogen-bond acceptors (Lipinski definition) is 5. The monoisotopic (exact) mass is 356 g/mol. The third-order valence-electron chi connectivity index (χ3n) is 4.83. The summed E-state index contributed by atoms with van der Waals surface area (Å²) in [6, 6.07) is 4.59. The number of halogens is 2. The Kier molecular flexibility index (Phi) is 5.39. The zero-order valence-electron chi connectivity index (χ0n) is 13.5. The van der Waals surface area contributed by atoms with Crippen molar-refractivity contribution in [2.24, 2.45) is 0 Å². The minimum atomic E-state index is -0.303. The third kappa shape index (κ3) is 3.57. The molecule has 0 aliphatic carbocycles. The zero-order chi connectivity index (χ0) is 15.7. The van der Waals surface area contributed by atoms with E-state index in [1.165, 1.54) is 12.1 Å². The summed E-state index contributed by atoms with van der Waals surface area (Å²) in [5.74, 6) is -0.595. The van der Waals surface area contributed by atoms with Gasteiger partial charge in [-0.3, -0.25) is 0 Å². The summed E-state index contributed by atoms with van der Waals surface area (Å²) in [6.07, 6.45) is 3.74. The molecule has 0 radical (unpaired) electrons. The van der Waals surface area contributed by atoms with Gasteiger partial charge in [0.05, 0.1) is 18.9 Å². The number of aryl methyl sites for hydroxylation is 1. The number of fused-ring (bicyclic) bond motifs is 1. The lowest BCUT2D eigenvalue weighted by Gasteiger charge is -2.37. The van der Waals surface area contributed by atoms with E-state index in [9.17, 15) is 4.39 Å². The van der Waals surface area contributed by atoms with Crippen LogP contribution in [-0.2, 0) is 15.9 Å². The van der Waals surface area contributed by atoms with Crippen LogP contribution in [0.5, 0.6) is 0 Å². The van der Waals surface area contributed by atoms with Crippen molar-refractivity contribution in [3.05, 3.63) is 29.7 Å². The fraction of sp³-hybridized carbons (Fsp3) is 0.588. The zero-order valence-corrected chi connectivity index (χ0v) is 14.3. The number of nitrogens with zero attached hydrogens (tertiary/aromatic N) is 2. The number of piperidine rings is 1. The number of aromatic nitrogens is 1. The van der Waals surface area contributed by atoms with Crippen molar-refractivity contribution in [2.75, 3.05) is 32.8 Å². The standard InChI is InChI=1S/C17H21FN2O3.ClH/c18-13-3-4-14-15(19-23-16(14)12-13)2-1-7-20-8-5-17(6-9-20)21-10-11-22-17;/h3-4,12H,1-2,5-11H2;1H. The first kappa shape index (κ1) is 17.6. The average molecular weight is 357 g/mol. The van der Waals surface area contributed by atoms with Crippen molar-refractivity contribution in [3.8, 4) is 0 Å². The minimum absolute atomic E-state index is 0. The van der Waals surface area contributed by atoms with E-state index in [1.807, 2.05) is 0 Å². The van der Waals surface area contributed by atoms with Gasteiger partial charge in [0.25, 0.3) is 0 Å².